The number of hydrogen-bond donors (Lipinski definition) is 3. The van der Waals surface area contributed by atoms with Gasteiger partial charge in [0.15, 0.2) is 11.5 Å². The van der Waals surface area contributed by atoms with E-state index >= 15 is 0 Å². The number of anilines is 2. The summed E-state index contributed by atoms with van der Waals surface area (Å²) in [6.07, 6.45) is -3.99. The van der Waals surface area contributed by atoms with E-state index in [0.29, 0.717) is 30.8 Å². The molecule has 2 aliphatic rings. The van der Waals surface area contributed by atoms with Crippen molar-refractivity contribution in [3.8, 4) is 17.2 Å². The Morgan fingerprint density at radius 3 is 2.14 bits per heavy atom. The van der Waals surface area contributed by atoms with Gasteiger partial charge in [-0.05, 0) is 67.8 Å². The molecule has 3 aromatic rings. The normalized spacial score (nSPS) is 23.1. The van der Waals surface area contributed by atoms with E-state index in [1.165, 1.54) is 0 Å². The second kappa shape index (κ2) is 9.30. The maximum absolute atomic E-state index is 13.2. The molecule has 1 aliphatic heterocycles. The van der Waals surface area contributed by atoms with Crippen LogP contribution in [0, 0.1) is 4.78 Å². The number of aliphatic hydroxyl groups excluding tert-OH is 1. The maximum Gasteiger partial charge on any atom is 0.573 e. The van der Waals surface area contributed by atoms with Gasteiger partial charge in [-0.2, -0.15) is 0 Å². The molecule has 1 fully saturated rings. The Hall–Kier alpha value is -3.28. The van der Waals surface area contributed by atoms with Crippen molar-refractivity contribution in [3.63, 3.8) is 0 Å². The summed E-state index contributed by atoms with van der Waals surface area (Å²) in [4.78, 5) is 2.02. The SMILES string of the molecule is N=S(=O)(NC1CCCC(N2c3ccccc3Oc3ccccc32)[C@H]1O)c1ccc(OC(F)(F)F)cc1. The molecule has 1 heterocycles. The van der Waals surface area contributed by atoms with E-state index in [1.54, 1.807) is 0 Å². The number of fused-ring (bicyclic) bond motifs is 2. The summed E-state index contributed by atoms with van der Waals surface area (Å²) < 4.78 is 71.6. The quantitative estimate of drug-likeness (QED) is 0.401. The molecule has 0 saturated heterocycles. The van der Waals surface area contributed by atoms with Crippen LogP contribution in [0.1, 0.15) is 19.3 Å². The lowest BCUT2D eigenvalue weighted by molar-refractivity contribution is -0.274. The minimum Gasteiger partial charge on any atom is -0.453 e. The Kier molecular flexibility index (Phi) is 6.31. The zero-order chi connectivity index (χ0) is 25.5. The monoisotopic (exact) mass is 519 g/mol. The average Bonchev–Trinajstić information content (AvgIpc) is 2.83. The smallest absolute Gasteiger partial charge is 0.453 e. The summed E-state index contributed by atoms with van der Waals surface area (Å²) in [7, 11) is -3.62. The lowest BCUT2D eigenvalue weighted by atomic mass is 9.86. The number of halogens is 3. The van der Waals surface area contributed by atoms with Crippen LogP contribution >= 0.6 is 0 Å². The summed E-state index contributed by atoms with van der Waals surface area (Å²) in [6, 6.07) is 18.3. The van der Waals surface area contributed by atoms with E-state index in [0.717, 1.165) is 35.6 Å². The first kappa shape index (κ1) is 24.4. The van der Waals surface area contributed by atoms with Crippen LogP contribution in [0.25, 0.3) is 0 Å². The standard InChI is InChI=1S/C25H24F3N3O4S/c26-25(27,28)35-16-12-14-17(15-13-16)36(29,33)30-18-6-5-9-21(24(18)32)31-19-7-1-3-10-22(19)34-23-11-4-2-8-20(23)31/h1-4,7-8,10-15,18,21,24,32H,5-6,9H2,(H2,29,30,33)/t18?,21?,24-,36?/m0/s1. The molecule has 3 N–H and O–H groups in total. The number of nitrogens with one attached hydrogen (secondary N) is 2. The molecule has 1 aliphatic carbocycles. The number of nitrogens with zero attached hydrogens (tertiary/aromatic N) is 1. The third kappa shape index (κ3) is 4.86. The Morgan fingerprint density at radius 2 is 1.56 bits per heavy atom. The Labute approximate surface area is 206 Å². The third-order valence-electron chi connectivity index (χ3n) is 6.33. The van der Waals surface area contributed by atoms with E-state index in [-0.39, 0.29) is 10.9 Å². The fourth-order valence-corrected chi connectivity index (χ4v) is 6.11. The first-order chi connectivity index (χ1) is 17.1. The van der Waals surface area contributed by atoms with Crippen LogP contribution < -0.4 is 19.1 Å². The fraction of sp³-hybridized carbons (Fsp3) is 0.280. The summed E-state index contributed by atoms with van der Waals surface area (Å²) >= 11 is 0. The van der Waals surface area contributed by atoms with Gasteiger partial charge >= 0.3 is 6.36 Å². The highest BCUT2D eigenvalue weighted by Crippen LogP contribution is 2.49. The van der Waals surface area contributed by atoms with E-state index in [1.807, 2.05) is 53.4 Å². The highest BCUT2D eigenvalue weighted by atomic mass is 32.2. The molecule has 11 heteroatoms. The van der Waals surface area contributed by atoms with E-state index < -0.39 is 34.2 Å². The van der Waals surface area contributed by atoms with Gasteiger partial charge in [0.1, 0.15) is 15.7 Å². The molecule has 5 rings (SSSR count). The minimum absolute atomic E-state index is 0.00610. The van der Waals surface area contributed by atoms with E-state index in [9.17, 15) is 22.5 Å². The fourth-order valence-electron chi connectivity index (χ4n) is 4.77. The lowest BCUT2D eigenvalue weighted by Gasteiger charge is -2.45. The van der Waals surface area contributed by atoms with Crippen molar-refractivity contribution in [1.29, 1.82) is 4.78 Å². The molecule has 0 aromatic heterocycles. The number of benzene rings is 3. The Balaban J connectivity index is 1.39. The van der Waals surface area contributed by atoms with Crippen LogP contribution in [0.3, 0.4) is 0 Å². The van der Waals surface area contributed by atoms with Crippen LogP contribution in [-0.4, -0.2) is 33.9 Å². The van der Waals surface area contributed by atoms with Gasteiger partial charge in [0.2, 0.25) is 0 Å². The first-order valence-electron chi connectivity index (χ1n) is 11.4. The highest BCUT2D eigenvalue weighted by Gasteiger charge is 2.40. The van der Waals surface area contributed by atoms with Gasteiger partial charge in [-0.15, -0.1) is 13.2 Å². The molecule has 190 valence electrons. The molecule has 3 aromatic carbocycles. The number of alkyl halides is 3. The molecule has 0 bridgehead atoms. The van der Waals surface area contributed by atoms with Crippen molar-refractivity contribution in [1.82, 2.24) is 4.72 Å². The van der Waals surface area contributed by atoms with Gasteiger partial charge in [0, 0.05) is 6.04 Å². The summed E-state index contributed by atoms with van der Waals surface area (Å²) in [5, 5.41) is 11.4. The summed E-state index contributed by atoms with van der Waals surface area (Å²) in [5.74, 6) is 0.844. The van der Waals surface area contributed by atoms with Crippen LogP contribution in [-0.2, 0) is 9.92 Å². The number of hydrogen-bond acceptors (Lipinski definition) is 6. The van der Waals surface area contributed by atoms with Gasteiger partial charge in [0.05, 0.1) is 28.4 Å². The van der Waals surface area contributed by atoms with Crippen molar-refractivity contribution in [2.45, 2.75) is 48.7 Å². The number of ether oxygens (including phenoxy) is 2. The van der Waals surface area contributed by atoms with Gasteiger partial charge in [-0.1, -0.05) is 24.3 Å². The Morgan fingerprint density at radius 1 is 0.972 bits per heavy atom. The molecule has 3 unspecified atom stereocenters. The summed E-state index contributed by atoms with van der Waals surface area (Å²) in [6.45, 7) is 0. The molecule has 7 nitrogen and oxygen atoms in total. The van der Waals surface area contributed by atoms with Crippen molar-refractivity contribution >= 4 is 21.3 Å². The molecular weight excluding hydrogens is 495 g/mol. The van der Waals surface area contributed by atoms with Crippen LogP contribution in [0.15, 0.2) is 77.7 Å². The zero-order valence-electron chi connectivity index (χ0n) is 18.9. The number of rotatable bonds is 5. The van der Waals surface area contributed by atoms with Crippen molar-refractivity contribution in [3.05, 3.63) is 72.8 Å². The topological polar surface area (TPSA) is 94.9 Å². The maximum atomic E-state index is 13.2. The van der Waals surface area contributed by atoms with Gasteiger partial charge in [-0.3, -0.25) is 0 Å². The van der Waals surface area contributed by atoms with Crippen molar-refractivity contribution in [2.75, 3.05) is 4.90 Å². The molecule has 0 radical (unpaired) electrons. The van der Waals surface area contributed by atoms with Crippen LogP contribution in [0.2, 0.25) is 0 Å². The second-order valence-electron chi connectivity index (χ2n) is 8.70. The van der Waals surface area contributed by atoms with Gasteiger partial charge in [0.25, 0.3) is 0 Å². The van der Waals surface area contributed by atoms with Crippen molar-refractivity contribution in [2.24, 2.45) is 0 Å². The highest BCUT2D eigenvalue weighted by molar-refractivity contribution is 7.90. The zero-order valence-corrected chi connectivity index (χ0v) is 19.8. The predicted octanol–water partition coefficient (Wildman–Crippen LogP) is 5.72. The van der Waals surface area contributed by atoms with Gasteiger partial charge < -0.3 is 19.5 Å². The first-order valence-corrected chi connectivity index (χ1v) is 12.9. The average molecular weight is 520 g/mol. The second-order valence-corrected chi connectivity index (χ2v) is 10.5. The largest absolute Gasteiger partial charge is 0.573 e. The molecule has 36 heavy (non-hydrogen) atoms. The predicted molar refractivity (Wildman–Crippen MR) is 128 cm³/mol. The molecule has 0 amide bonds. The summed E-state index contributed by atoms with van der Waals surface area (Å²) in [5.41, 5.74) is 1.60. The van der Waals surface area contributed by atoms with Crippen LogP contribution in [0.4, 0.5) is 24.5 Å². The molecule has 0 spiro atoms. The Bertz CT molecular complexity index is 1300. The van der Waals surface area contributed by atoms with Crippen LogP contribution in [0.5, 0.6) is 17.2 Å². The number of aliphatic hydroxyl groups is 1. The lowest BCUT2D eigenvalue weighted by Crippen LogP contribution is -2.55. The van der Waals surface area contributed by atoms with E-state index in [4.69, 9.17) is 9.52 Å². The molecule has 1 saturated carbocycles. The molecular formula is C25H24F3N3O4S. The number of para-hydroxylation sites is 4. The minimum atomic E-state index is -4.85. The van der Waals surface area contributed by atoms with Crippen molar-refractivity contribution < 1.29 is 32.0 Å². The molecule has 4 atom stereocenters. The van der Waals surface area contributed by atoms with E-state index in [2.05, 4.69) is 9.46 Å². The van der Waals surface area contributed by atoms with Gasteiger partial charge in [-0.25, -0.2) is 13.7 Å². The third-order valence-corrected chi connectivity index (χ3v) is 7.90.